The maximum Gasteiger partial charge on any atom is 0.433 e. The van der Waals surface area contributed by atoms with E-state index in [9.17, 15) is 18.3 Å². The van der Waals surface area contributed by atoms with Crippen molar-refractivity contribution in [2.24, 2.45) is 5.92 Å². The Bertz CT molecular complexity index is 976. The van der Waals surface area contributed by atoms with Gasteiger partial charge in [-0.05, 0) is 33.8 Å². The van der Waals surface area contributed by atoms with Crippen LogP contribution in [0.4, 0.5) is 19.0 Å². The summed E-state index contributed by atoms with van der Waals surface area (Å²) in [5.41, 5.74) is -0.135. The molecule has 2 heterocycles. The van der Waals surface area contributed by atoms with Gasteiger partial charge < -0.3 is 10.4 Å². The van der Waals surface area contributed by atoms with Crippen LogP contribution in [0.25, 0.3) is 5.65 Å². The zero-order chi connectivity index (χ0) is 19.2. The fraction of sp³-hybridized carbons (Fsp3) is 0.333. The minimum Gasteiger partial charge on any atom is -0.396 e. The summed E-state index contributed by atoms with van der Waals surface area (Å²) in [5.74, 6) is 0.271. The lowest BCUT2D eigenvalue weighted by Crippen LogP contribution is -2.24. The lowest BCUT2D eigenvalue weighted by atomic mass is 9.93. The highest BCUT2D eigenvalue weighted by atomic mass is 79.9. The second kappa shape index (κ2) is 6.49. The van der Waals surface area contributed by atoms with Crippen molar-refractivity contribution >= 4 is 27.4 Å². The monoisotopic (exact) mass is 440 g/mol. The molecule has 1 aromatic carbocycles. The maximum atomic E-state index is 13.2. The van der Waals surface area contributed by atoms with Gasteiger partial charge in [0.2, 0.25) is 0 Å². The number of fused-ring (bicyclic) bond motifs is 1. The molecule has 9 heteroatoms. The smallest absolute Gasteiger partial charge is 0.396 e. The quantitative estimate of drug-likeness (QED) is 0.631. The second-order valence-electron chi connectivity index (χ2n) is 6.72. The van der Waals surface area contributed by atoms with Crippen molar-refractivity contribution in [2.75, 3.05) is 18.5 Å². The molecule has 2 atom stereocenters. The highest BCUT2D eigenvalue weighted by molar-refractivity contribution is 9.10. The molecule has 1 saturated carbocycles. The van der Waals surface area contributed by atoms with Crippen LogP contribution in [0.1, 0.15) is 17.7 Å². The molecule has 0 radical (unpaired) electrons. The van der Waals surface area contributed by atoms with Crippen molar-refractivity contribution in [2.45, 2.75) is 18.0 Å². The fourth-order valence-electron chi connectivity index (χ4n) is 3.53. The lowest BCUT2D eigenvalue weighted by molar-refractivity contribution is -0.141. The molecule has 0 aliphatic heterocycles. The average molecular weight is 441 g/mol. The maximum absolute atomic E-state index is 13.2. The molecule has 0 amide bonds. The van der Waals surface area contributed by atoms with Crippen LogP contribution in [0.5, 0.6) is 0 Å². The molecule has 0 bridgehead atoms. The van der Waals surface area contributed by atoms with Gasteiger partial charge in [-0.25, -0.2) is 4.98 Å². The van der Waals surface area contributed by atoms with E-state index in [0.29, 0.717) is 11.1 Å². The third-order valence-electron chi connectivity index (χ3n) is 5.07. The number of anilines is 1. The Balaban J connectivity index is 1.69. The molecule has 27 heavy (non-hydrogen) atoms. The first kappa shape index (κ1) is 18.2. The van der Waals surface area contributed by atoms with Gasteiger partial charge in [0.05, 0.1) is 0 Å². The highest BCUT2D eigenvalue weighted by Crippen LogP contribution is 2.54. The molecule has 3 aromatic rings. The summed E-state index contributed by atoms with van der Waals surface area (Å²) < 4.78 is 41.4. The SMILES string of the molecule is OC[C@H]1C[C@]1(CNc1cc(C(F)(F)F)nc2cc(Br)nn12)c1ccccc1. The van der Waals surface area contributed by atoms with Gasteiger partial charge in [0.25, 0.3) is 0 Å². The van der Waals surface area contributed by atoms with E-state index in [4.69, 9.17) is 0 Å². The lowest BCUT2D eigenvalue weighted by Gasteiger charge is -2.20. The highest BCUT2D eigenvalue weighted by Gasteiger charge is 2.54. The van der Waals surface area contributed by atoms with Crippen LogP contribution >= 0.6 is 15.9 Å². The minimum atomic E-state index is -4.56. The van der Waals surface area contributed by atoms with Crippen LogP contribution in [0.3, 0.4) is 0 Å². The van der Waals surface area contributed by atoms with Crippen LogP contribution in [0.2, 0.25) is 0 Å². The Morgan fingerprint density at radius 1 is 1.26 bits per heavy atom. The van der Waals surface area contributed by atoms with E-state index in [1.165, 1.54) is 10.6 Å². The summed E-state index contributed by atoms with van der Waals surface area (Å²) in [4.78, 5) is 3.64. The molecule has 2 N–H and O–H groups in total. The van der Waals surface area contributed by atoms with E-state index >= 15 is 0 Å². The first-order chi connectivity index (χ1) is 12.8. The summed E-state index contributed by atoms with van der Waals surface area (Å²) in [5, 5.41) is 16.9. The predicted octanol–water partition coefficient (Wildman–Crippen LogP) is 3.87. The molecule has 1 fully saturated rings. The number of benzene rings is 1. The first-order valence-electron chi connectivity index (χ1n) is 8.37. The van der Waals surface area contributed by atoms with E-state index in [1.54, 1.807) is 0 Å². The number of rotatable bonds is 5. The van der Waals surface area contributed by atoms with Gasteiger partial charge in [0, 0.05) is 30.7 Å². The molecular formula is C18H16BrF3N4O. The topological polar surface area (TPSA) is 62.5 Å². The number of nitrogens with zero attached hydrogens (tertiary/aromatic N) is 3. The first-order valence-corrected chi connectivity index (χ1v) is 9.16. The molecule has 2 aromatic heterocycles. The summed E-state index contributed by atoms with van der Waals surface area (Å²) in [6.45, 7) is 0.416. The second-order valence-corrected chi connectivity index (χ2v) is 7.53. The summed E-state index contributed by atoms with van der Waals surface area (Å²) in [6, 6.07) is 12.1. The van der Waals surface area contributed by atoms with E-state index in [-0.39, 0.29) is 29.4 Å². The largest absolute Gasteiger partial charge is 0.433 e. The van der Waals surface area contributed by atoms with Crippen molar-refractivity contribution in [1.82, 2.24) is 14.6 Å². The molecule has 0 saturated heterocycles. The number of hydrogen-bond acceptors (Lipinski definition) is 4. The van der Waals surface area contributed by atoms with E-state index < -0.39 is 11.9 Å². The van der Waals surface area contributed by atoms with Crippen LogP contribution < -0.4 is 5.32 Å². The van der Waals surface area contributed by atoms with Gasteiger partial charge in [-0.15, -0.1) is 0 Å². The third kappa shape index (κ3) is 3.29. The molecular weight excluding hydrogens is 425 g/mol. The van der Waals surface area contributed by atoms with Gasteiger partial charge in [-0.2, -0.15) is 22.8 Å². The van der Waals surface area contributed by atoms with Gasteiger partial charge in [-0.1, -0.05) is 30.3 Å². The number of halogens is 4. The van der Waals surface area contributed by atoms with Crippen LogP contribution in [-0.4, -0.2) is 32.9 Å². The minimum absolute atomic E-state index is 0.0312. The normalized spacial score (nSPS) is 22.2. The number of hydrogen-bond donors (Lipinski definition) is 2. The summed E-state index contributed by atoms with van der Waals surface area (Å²) >= 11 is 3.18. The summed E-state index contributed by atoms with van der Waals surface area (Å²) in [7, 11) is 0. The Labute approximate surface area is 161 Å². The Morgan fingerprint density at radius 2 is 2.00 bits per heavy atom. The van der Waals surface area contributed by atoms with Crippen LogP contribution in [0.15, 0.2) is 47.1 Å². The predicted molar refractivity (Wildman–Crippen MR) is 97.5 cm³/mol. The Kier molecular flexibility index (Phi) is 4.38. The summed E-state index contributed by atoms with van der Waals surface area (Å²) in [6.07, 6.45) is -3.79. The molecule has 5 nitrogen and oxygen atoms in total. The van der Waals surface area contributed by atoms with E-state index in [1.807, 2.05) is 30.3 Å². The number of alkyl halides is 3. The molecule has 1 aliphatic carbocycles. The van der Waals surface area contributed by atoms with Crippen molar-refractivity contribution in [3.05, 3.63) is 58.3 Å². The average Bonchev–Trinajstić information content (AvgIpc) is 3.24. The molecule has 142 valence electrons. The van der Waals surface area contributed by atoms with Crippen LogP contribution in [0, 0.1) is 5.92 Å². The zero-order valence-electron chi connectivity index (χ0n) is 14.0. The Hall–Kier alpha value is -2.13. The van der Waals surface area contributed by atoms with Gasteiger partial charge in [0.1, 0.15) is 10.4 Å². The van der Waals surface area contributed by atoms with Gasteiger partial charge in [0.15, 0.2) is 11.3 Å². The molecule has 0 unspecified atom stereocenters. The standard InChI is InChI=1S/C18H16BrF3N4O/c19-14-7-16-24-13(18(20,21)22)6-15(26(16)25-14)23-10-17(8-12(17)9-27)11-4-2-1-3-5-11/h1-7,12,23,27H,8-10H2/t12-,17+/m1/s1. The van der Waals surface area contributed by atoms with Crippen molar-refractivity contribution in [3.8, 4) is 0 Å². The van der Waals surface area contributed by atoms with Gasteiger partial charge in [-0.3, -0.25) is 0 Å². The van der Waals surface area contributed by atoms with E-state index in [2.05, 4.69) is 31.3 Å². The van der Waals surface area contributed by atoms with E-state index in [0.717, 1.165) is 18.1 Å². The Morgan fingerprint density at radius 3 is 2.63 bits per heavy atom. The van der Waals surface area contributed by atoms with Gasteiger partial charge >= 0.3 is 6.18 Å². The molecule has 1 aliphatic rings. The molecule has 0 spiro atoms. The van der Waals surface area contributed by atoms with Crippen molar-refractivity contribution in [1.29, 1.82) is 0 Å². The van der Waals surface area contributed by atoms with Crippen LogP contribution in [-0.2, 0) is 11.6 Å². The number of nitrogens with one attached hydrogen (secondary N) is 1. The zero-order valence-corrected chi connectivity index (χ0v) is 15.6. The number of aliphatic hydroxyl groups excluding tert-OH is 1. The number of aliphatic hydroxyl groups is 1. The van der Waals surface area contributed by atoms with Crippen molar-refractivity contribution < 1.29 is 18.3 Å². The molecule has 4 rings (SSSR count). The van der Waals surface area contributed by atoms with Crippen molar-refractivity contribution in [3.63, 3.8) is 0 Å². The third-order valence-corrected chi connectivity index (χ3v) is 5.46. The number of aromatic nitrogens is 3. The fourth-order valence-corrected chi connectivity index (χ4v) is 3.89.